The highest BCUT2D eigenvalue weighted by atomic mass is 15.0. The molecule has 0 aliphatic heterocycles. The molecule has 0 atom stereocenters. The van der Waals surface area contributed by atoms with E-state index in [4.69, 9.17) is 15.0 Å². The van der Waals surface area contributed by atoms with Gasteiger partial charge in [0.2, 0.25) is 0 Å². The van der Waals surface area contributed by atoms with Gasteiger partial charge in [0, 0.05) is 38.6 Å². The number of rotatable bonds is 5. The molecule has 9 aromatic rings. The smallest absolute Gasteiger partial charge is 0.164 e. The van der Waals surface area contributed by atoms with Crippen LogP contribution in [0.5, 0.6) is 0 Å². The highest BCUT2D eigenvalue weighted by Gasteiger charge is 2.36. The molecule has 2 heterocycles. The molecule has 0 saturated heterocycles. The molecule has 0 fully saturated rings. The average Bonchev–Trinajstić information content (AvgIpc) is 3.65. The summed E-state index contributed by atoms with van der Waals surface area (Å²) in [5.74, 6) is 1.97. The van der Waals surface area contributed by atoms with Crippen LogP contribution in [-0.4, -0.2) is 19.5 Å². The molecule has 4 nitrogen and oxygen atoms in total. The molecule has 0 bridgehead atoms. The van der Waals surface area contributed by atoms with Gasteiger partial charge in [0.05, 0.1) is 11.0 Å². The first-order valence-electron chi connectivity index (χ1n) is 17.8. The van der Waals surface area contributed by atoms with Gasteiger partial charge in [0.25, 0.3) is 0 Å². The summed E-state index contributed by atoms with van der Waals surface area (Å²) in [5.41, 5.74) is 14.2. The van der Waals surface area contributed by atoms with Crippen LogP contribution in [0.25, 0.3) is 83.9 Å². The van der Waals surface area contributed by atoms with Crippen molar-refractivity contribution in [3.63, 3.8) is 0 Å². The van der Waals surface area contributed by atoms with Crippen LogP contribution < -0.4 is 0 Å². The van der Waals surface area contributed by atoms with Crippen LogP contribution in [0.3, 0.4) is 0 Å². The summed E-state index contributed by atoms with van der Waals surface area (Å²) in [5, 5.41) is 2.55. The summed E-state index contributed by atoms with van der Waals surface area (Å²) in [7, 11) is 0. The fourth-order valence-corrected chi connectivity index (χ4v) is 7.99. The Bertz CT molecular complexity index is 2720. The van der Waals surface area contributed by atoms with Gasteiger partial charge in [-0.05, 0) is 63.7 Å². The van der Waals surface area contributed by atoms with Crippen molar-refractivity contribution in [2.45, 2.75) is 19.3 Å². The minimum atomic E-state index is -0.0645. The molecule has 0 N–H and O–H groups in total. The summed E-state index contributed by atoms with van der Waals surface area (Å²) < 4.78 is 2.42. The Hall–Kier alpha value is -6.65. The van der Waals surface area contributed by atoms with E-state index in [2.05, 4.69) is 128 Å². The normalized spacial score (nSPS) is 13.0. The number of hydrogen-bond donors (Lipinski definition) is 0. The van der Waals surface area contributed by atoms with E-state index in [1.807, 2.05) is 60.7 Å². The quantitative estimate of drug-likeness (QED) is 0.184. The van der Waals surface area contributed by atoms with Crippen LogP contribution in [0.4, 0.5) is 0 Å². The fourth-order valence-electron chi connectivity index (χ4n) is 7.99. The van der Waals surface area contributed by atoms with E-state index in [1.165, 1.54) is 44.1 Å². The molecule has 10 rings (SSSR count). The standard InChI is InChI=1S/C48H34N4/c1-48(2)41-19-11-9-17-37(41)39-29-40-38-18-10-12-20-43(38)52(44(40)30-42(39)48)36-27-25-32(26-28-36)31-21-23-35(24-22-31)47-50-45(33-13-5-3-6-14-33)49-46(51-47)34-15-7-4-8-16-34/h3-30H,1-2H3. The third-order valence-electron chi connectivity index (χ3n) is 10.7. The third kappa shape index (κ3) is 4.79. The first-order valence-corrected chi connectivity index (χ1v) is 17.8. The molecular formula is C48H34N4. The van der Waals surface area contributed by atoms with E-state index < -0.39 is 0 Å². The van der Waals surface area contributed by atoms with Crippen LogP contribution >= 0.6 is 0 Å². The first-order chi connectivity index (χ1) is 25.5. The number of nitrogens with zero attached hydrogens (tertiary/aromatic N) is 4. The number of para-hydroxylation sites is 1. The first kappa shape index (κ1) is 30.2. The zero-order valence-corrected chi connectivity index (χ0v) is 29.0. The molecule has 7 aromatic carbocycles. The topological polar surface area (TPSA) is 43.6 Å². The maximum atomic E-state index is 4.91. The number of hydrogen-bond acceptors (Lipinski definition) is 3. The van der Waals surface area contributed by atoms with Crippen molar-refractivity contribution in [1.29, 1.82) is 0 Å². The van der Waals surface area contributed by atoms with E-state index in [0.717, 1.165) is 33.5 Å². The van der Waals surface area contributed by atoms with Crippen molar-refractivity contribution in [3.05, 3.63) is 181 Å². The second-order valence-corrected chi connectivity index (χ2v) is 14.1. The second kappa shape index (κ2) is 11.7. The summed E-state index contributed by atoms with van der Waals surface area (Å²) in [4.78, 5) is 14.7. The molecule has 0 saturated carbocycles. The van der Waals surface area contributed by atoms with Gasteiger partial charge in [-0.15, -0.1) is 0 Å². The van der Waals surface area contributed by atoms with Crippen LogP contribution in [0.15, 0.2) is 170 Å². The fraction of sp³-hybridized carbons (Fsp3) is 0.0625. The molecule has 0 amide bonds. The lowest BCUT2D eigenvalue weighted by atomic mass is 9.82. The van der Waals surface area contributed by atoms with Crippen LogP contribution in [0.2, 0.25) is 0 Å². The monoisotopic (exact) mass is 666 g/mol. The SMILES string of the molecule is CC1(C)c2ccccc2-c2cc3c4ccccc4n(-c4ccc(-c5ccc(-c6nc(-c7ccccc7)nc(-c7ccccc7)n6)cc5)cc4)c3cc21. The molecule has 4 heteroatoms. The van der Waals surface area contributed by atoms with Crippen molar-refractivity contribution < 1.29 is 0 Å². The largest absolute Gasteiger partial charge is 0.309 e. The minimum absolute atomic E-state index is 0.0645. The lowest BCUT2D eigenvalue weighted by molar-refractivity contribution is 0.661. The minimum Gasteiger partial charge on any atom is -0.309 e. The predicted molar refractivity (Wildman–Crippen MR) is 213 cm³/mol. The van der Waals surface area contributed by atoms with Crippen LogP contribution in [-0.2, 0) is 5.41 Å². The Morgan fingerprint density at radius 2 is 0.885 bits per heavy atom. The summed E-state index contributed by atoms with van der Waals surface area (Å²) in [6.07, 6.45) is 0. The molecule has 0 radical (unpaired) electrons. The van der Waals surface area contributed by atoms with E-state index in [1.54, 1.807) is 0 Å². The molecule has 2 aromatic heterocycles. The molecule has 0 spiro atoms. The lowest BCUT2D eigenvalue weighted by Crippen LogP contribution is -2.14. The van der Waals surface area contributed by atoms with Gasteiger partial charge in [-0.3, -0.25) is 0 Å². The van der Waals surface area contributed by atoms with Crippen LogP contribution in [0.1, 0.15) is 25.0 Å². The Balaban J connectivity index is 1.02. The zero-order chi connectivity index (χ0) is 34.8. The van der Waals surface area contributed by atoms with Gasteiger partial charge in [-0.25, -0.2) is 15.0 Å². The lowest BCUT2D eigenvalue weighted by Gasteiger charge is -2.21. The van der Waals surface area contributed by atoms with E-state index >= 15 is 0 Å². The van der Waals surface area contributed by atoms with Crippen molar-refractivity contribution in [3.8, 4) is 62.1 Å². The molecule has 0 unspecified atom stereocenters. The predicted octanol–water partition coefficient (Wildman–Crippen LogP) is 11.9. The van der Waals surface area contributed by atoms with E-state index in [9.17, 15) is 0 Å². The van der Waals surface area contributed by atoms with Gasteiger partial charge in [-0.1, -0.05) is 153 Å². The van der Waals surface area contributed by atoms with Gasteiger partial charge in [0.1, 0.15) is 0 Å². The van der Waals surface area contributed by atoms with Crippen molar-refractivity contribution in [2.24, 2.45) is 0 Å². The molecular weight excluding hydrogens is 633 g/mol. The maximum Gasteiger partial charge on any atom is 0.164 e. The number of fused-ring (bicyclic) bond motifs is 6. The molecule has 52 heavy (non-hydrogen) atoms. The van der Waals surface area contributed by atoms with E-state index in [-0.39, 0.29) is 5.41 Å². The van der Waals surface area contributed by atoms with Crippen molar-refractivity contribution in [2.75, 3.05) is 0 Å². The third-order valence-corrected chi connectivity index (χ3v) is 10.7. The van der Waals surface area contributed by atoms with Gasteiger partial charge in [-0.2, -0.15) is 0 Å². The number of benzene rings is 7. The second-order valence-electron chi connectivity index (χ2n) is 14.1. The maximum absolute atomic E-state index is 4.91. The van der Waals surface area contributed by atoms with Gasteiger partial charge < -0.3 is 4.57 Å². The molecule has 1 aliphatic carbocycles. The number of aromatic nitrogens is 4. The average molecular weight is 667 g/mol. The Morgan fingerprint density at radius 3 is 1.52 bits per heavy atom. The van der Waals surface area contributed by atoms with Crippen LogP contribution in [0, 0.1) is 0 Å². The highest BCUT2D eigenvalue weighted by Crippen LogP contribution is 2.51. The Morgan fingerprint density at radius 1 is 0.385 bits per heavy atom. The highest BCUT2D eigenvalue weighted by molar-refractivity contribution is 6.11. The van der Waals surface area contributed by atoms with Crippen molar-refractivity contribution in [1.82, 2.24) is 19.5 Å². The van der Waals surface area contributed by atoms with E-state index in [0.29, 0.717) is 17.5 Å². The Labute approximate surface area is 302 Å². The zero-order valence-electron chi connectivity index (χ0n) is 29.0. The summed E-state index contributed by atoms with van der Waals surface area (Å²) in [6, 6.07) is 60.1. The summed E-state index contributed by atoms with van der Waals surface area (Å²) >= 11 is 0. The molecule has 1 aliphatic rings. The molecule has 246 valence electrons. The van der Waals surface area contributed by atoms with Crippen molar-refractivity contribution >= 4 is 21.8 Å². The Kier molecular flexibility index (Phi) is 6.80. The summed E-state index contributed by atoms with van der Waals surface area (Å²) in [6.45, 7) is 4.70. The van der Waals surface area contributed by atoms with Gasteiger partial charge in [0.15, 0.2) is 17.5 Å². The van der Waals surface area contributed by atoms with Gasteiger partial charge >= 0.3 is 0 Å².